The first-order valence-corrected chi connectivity index (χ1v) is 6.76. The Balaban J connectivity index is 1.72. The average molecular weight is 194 g/mol. The number of hydrogen-bond donors (Lipinski definition) is 0. The summed E-state index contributed by atoms with van der Waals surface area (Å²) in [5.74, 6) is 5.46. The fourth-order valence-electron chi connectivity index (χ4n) is 3.58. The third-order valence-electron chi connectivity index (χ3n) is 5.27. The highest BCUT2D eigenvalue weighted by atomic mass is 14.5. The molecule has 0 bridgehead atoms. The first kappa shape index (κ1) is 10.5. The van der Waals surface area contributed by atoms with Gasteiger partial charge in [0, 0.05) is 0 Å². The highest BCUT2D eigenvalue weighted by Gasteiger charge is 2.43. The van der Waals surface area contributed by atoms with E-state index in [2.05, 4.69) is 20.8 Å². The topological polar surface area (TPSA) is 0 Å². The molecule has 2 fully saturated rings. The summed E-state index contributed by atoms with van der Waals surface area (Å²) in [4.78, 5) is 0. The smallest absolute Gasteiger partial charge is 0.0357 e. The van der Waals surface area contributed by atoms with E-state index in [0.717, 1.165) is 29.6 Å². The Morgan fingerprint density at radius 2 is 1.86 bits per heavy atom. The Morgan fingerprint density at radius 1 is 1.14 bits per heavy atom. The maximum atomic E-state index is 2.44. The molecule has 2 aliphatic carbocycles. The van der Waals surface area contributed by atoms with E-state index < -0.39 is 0 Å². The summed E-state index contributed by atoms with van der Waals surface area (Å²) in [5.41, 5.74) is 0. The summed E-state index contributed by atoms with van der Waals surface area (Å²) >= 11 is 0. The molecule has 0 heteroatoms. The molecule has 0 amide bonds. The van der Waals surface area contributed by atoms with Gasteiger partial charge in [-0.3, -0.25) is 0 Å². The van der Waals surface area contributed by atoms with Crippen molar-refractivity contribution < 1.29 is 0 Å². The third-order valence-corrected chi connectivity index (χ3v) is 5.27. The predicted molar refractivity (Wildman–Crippen MR) is 62.2 cm³/mol. The largest absolute Gasteiger partial charge is 0.0651 e. The minimum absolute atomic E-state index is 0.992. The lowest BCUT2D eigenvalue weighted by molar-refractivity contribution is 0.000160. The van der Waals surface area contributed by atoms with Crippen LogP contribution in [0, 0.1) is 29.6 Å². The lowest BCUT2D eigenvalue weighted by atomic mass is 9.55. The van der Waals surface area contributed by atoms with Crippen molar-refractivity contribution in [2.75, 3.05) is 0 Å². The van der Waals surface area contributed by atoms with Crippen LogP contribution in [0.5, 0.6) is 0 Å². The lowest BCUT2D eigenvalue weighted by Gasteiger charge is -2.50. The van der Waals surface area contributed by atoms with Crippen LogP contribution in [0.15, 0.2) is 0 Å². The second kappa shape index (κ2) is 4.24. The van der Waals surface area contributed by atoms with E-state index in [0.29, 0.717) is 0 Å². The van der Waals surface area contributed by atoms with Crippen molar-refractivity contribution >= 4 is 0 Å². The van der Waals surface area contributed by atoms with Gasteiger partial charge >= 0.3 is 0 Å². The van der Waals surface area contributed by atoms with Crippen LogP contribution >= 0.6 is 0 Å². The average Bonchev–Trinajstić information content (AvgIpc) is 2.08. The molecule has 3 atom stereocenters. The zero-order chi connectivity index (χ0) is 10.1. The normalized spacial score (nSPS) is 43.9. The van der Waals surface area contributed by atoms with Gasteiger partial charge in [0.15, 0.2) is 0 Å². The monoisotopic (exact) mass is 194 g/mol. The van der Waals surface area contributed by atoms with Crippen LogP contribution in [-0.4, -0.2) is 0 Å². The Kier molecular flexibility index (Phi) is 3.19. The van der Waals surface area contributed by atoms with Crippen LogP contribution in [0.2, 0.25) is 0 Å². The lowest BCUT2D eigenvalue weighted by Crippen LogP contribution is -2.41. The zero-order valence-corrected chi connectivity index (χ0v) is 10.1. The summed E-state index contributed by atoms with van der Waals surface area (Å²) < 4.78 is 0. The molecule has 0 radical (unpaired) electrons. The fourth-order valence-corrected chi connectivity index (χ4v) is 3.58. The molecule has 14 heavy (non-hydrogen) atoms. The second-order valence-corrected chi connectivity index (χ2v) is 5.79. The quantitative estimate of drug-likeness (QED) is 0.618. The van der Waals surface area contributed by atoms with Gasteiger partial charge in [-0.15, -0.1) is 0 Å². The van der Waals surface area contributed by atoms with E-state index in [1.807, 2.05) is 0 Å². The molecule has 0 heterocycles. The number of hydrogen-bond acceptors (Lipinski definition) is 0. The van der Waals surface area contributed by atoms with Crippen molar-refractivity contribution in [3.05, 3.63) is 0 Å². The third kappa shape index (κ3) is 1.73. The molecule has 0 aromatic carbocycles. The van der Waals surface area contributed by atoms with Gasteiger partial charge in [0.05, 0.1) is 0 Å². The van der Waals surface area contributed by atoms with Crippen LogP contribution in [0.4, 0.5) is 0 Å². The zero-order valence-electron chi connectivity index (χ0n) is 10.1. The Bertz CT molecular complexity index is 176. The van der Waals surface area contributed by atoms with Gasteiger partial charge in [-0.2, -0.15) is 0 Å². The summed E-state index contributed by atoms with van der Waals surface area (Å²) in [7, 11) is 0. The van der Waals surface area contributed by atoms with Crippen LogP contribution < -0.4 is 0 Å². The van der Waals surface area contributed by atoms with Gasteiger partial charge in [0.2, 0.25) is 0 Å². The maximum absolute atomic E-state index is 2.44. The molecule has 0 nitrogen and oxygen atoms in total. The maximum Gasteiger partial charge on any atom is -0.0357 e. The second-order valence-electron chi connectivity index (χ2n) is 5.79. The van der Waals surface area contributed by atoms with Gasteiger partial charge in [-0.1, -0.05) is 33.6 Å². The molecule has 3 unspecified atom stereocenters. The minimum atomic E-state index is 0.992. The van der Waals surface area contributed by atoms with Gasteiger partial charge in [0.1, 0.15) is 0 Å². The van der Waals surface area contributed by atoms with Crippen molar-refractivity contribution in [1.29, 1.82) is 0 Å². The summed E-state index contributed by atoms with van der Waals surface area (Å²) in [6, 6.07) is 0. The highest BCUT2D eigenvalue weighted by Crippen LogP contribution is 2.52. The molecular weight excluding hydrogens is 168 g/mol. The molecule has 0 spiro atoms. The molecule has 0 saturated heterocycles. The molecule has 2 rings (SSSR count). The summed E-state index contributed by atoms with van der Waals surface area (Å²) in [6.07, 6.45) is 9.04. The van der Waals surface area contributed by atoms with Crippen molar-refractivity contribution in [3.8, 4) is 0 Å². The van der Waals surface area contributed by atoms with Gasteiger partial charge in [-0.25, -0.2) is 0 Å². The SMILES string of the molecule is CCC(C)C1CC(C2CCC2CC)C1. The van der Waals surface area contributed by atoms with E-state index in [1.165, 1.54) is 19.3 Å². The van der Waals surface area contributed by atoms with E-state index >= 15 is 0 Å². The molecule has 0 aromatic rings. The standard InChI is InChI=1S/C14H26/c1-4-10(3)12-8-13(9-12)14-7-6-11(14)5-2/h10-14H,4-9H2,1-3H3. The number of rotatable bonds is 4. The molecular formula is C14H26. The van der Waals surface area contributed by atoms with E-state index in [1.54, 1.807) is 19.3 Å². The molecule has 0 aromatic heterocycles. The predicted octanol–water partition coefficient (Wildman–Crippen LogP) is 4.49. The molecule has 82 valence electrons. The van der Waals surface area contributed by atoms with Crippen molar-refractivity contribution in [3.63, 3.8) is 0 Å². The van der Waals surface area contributed by atoms with Crippen LogP contribution in [0.1, 0.15) is 59.3 Å². The minimum Gasteiger partial charge on any atom is -0.0651 e. The van der Waals surface area contributed by atoms with E-state index in [-0.39, 0.29) is 0 Å². The molecule has 2 aliphatic rings. The summed E-state index contributed by atoms with van der Waals surface area (Å²) in [5, 5.41) is 0. The van der Waals surface area contributed by atoms with Crippen molar-refractivity contribution in [1.82, 2.24) is 0 Å². The first-order valence-electron chi connectivity index (χ1n) is 6.76. The Morgan fingerprint density at radius 3 is 2.29 bits per heavy atom. The highest BCUT2D eigenvalue weighted by molar-refractivity contribution is 4.93. The molecule has 2 saturated carbocycles. The van der Waals surface area contributed by atoms with E-state index in [4.69, 9.17) is 0 Å². The van der Waals surface area contributed by atoms with Crippen molar-refractivity contribution in [2.24, 2.45) is 29.6 Å². The Hall–Kier alpha value is 0. The van der Waals surface area contributed by atoms with Crippen LogP contribution in [0.25, 0.3) is 0 Å². The van der Waals surface area contributed by atoms with Gasteiger partial charge in [-0.05, 0) is 55.3 Å². The van der Waals surface area contributed by atoms with Gasteiger partial charge < -0.3 is 0 Å². The summed E-state index contributed by atoms with van der Waals surface area (Å²) in [6.45, 7) is 7.16. The Labute approximate surface area is 89.5 Å². The molecule has 0 aliphatic heterocycles. The first-order chi connectivity index (χ1) is 6.76. The molecule has 0 N–H and O–H groups in total. The van der Waals surface area contributed by atoms with Crippen LogP contribution in [-0.2, 0) is 0 Å². The van der Waals surface area contributed by atoms with Crippen LogP contribution in [0.3, 0.4) is 0 Å². The fraction of sp³-hybridized carbons (Fsp3) is 1.00. The van der Waals surface area contributed by atoms with E-state index in [9.17, 15) is 0 Å². The van der Waals surface area contributed by atoms with Gasteiger partial charge in [0.25, 0.3) is 0 Å². The van der Waals surface area contributed by atoms with Crippen molar-refractivity contribution in [2.45, 2.75) is 59.3 Å².